The number of rotatable bonds is 5. The van der Waals surface area contributed by atoms with Crippen LogP contribution in [-0.4, -0.2) is 25.1 Å². The predicted octanol–water partition coefficient (Wildman–Crippen LogP) is 7.38. The van der Waals surface area contributed by atoms with Gasteiger partial charge in [-0.15, -0.1) is 0 Å². The minimum Gasteiger partial charge on any atom is -0.492 e. The summed E-state index contributed by atoms with van der Waals surface area (Å²) in [6.45, 7) is 15.0. The lowest BCUT2D eigenvalue weighted by atomic mass is 9.71. The van der Waals surface area contributed by atoms with Crippen molar-refractivity contribution >= 4 is 11.4 Å². The number of hydrogen-bond acceptors (Lipinski definition) is 4. The van der Waals surface area contributed by atoms with E-state index in [0.717, 1.165) is 43.4 Å². The molecular weight excluding hydrogens is 466 g/mol. The SMILES string of the molecule is CNc1ccc(C(c2ccc(C)c(CN3CCOc4cc5c(cc4C3)CCCC5)c2)C(C)(C)C)c(C)c1N. The van der Waals surface area contributed by atoms with Crippen molar-refractivity contribution < 1.29 is 4.74 Å². The second kappa shape index (κ2) is 10.6. The van der Waals surface area contributed by atoms with Gasteiger partial charge in [-0.05, 0) is 96.0 Å². The quantitative estimate of drug-likeness (QED) is 0.351. The number of nitrogens with one attached hydrogen (secondary N) is 1. The molecule has 38 heavy (non-hydrogen) atoms. The van der Waals surface area contributed by atoms with Crippen LogP contribution < -0.4 is 15.8 Å². The van der Waals surface area contributed by atoms with Gasteiger partial charge in [-0.1, -0.05) is 51.1 Å². The van der Waals surface area contributed by atoms with E-state index >= 15 is 0 Å². The Morgan fingerprint density at radius 1 is 0.974 bits per heavy atom. The van der Waals surface area contributed by atoms with E-state index in [4.69, 9.17) is 10.5 Å². The van der Waals surface area contributed by atoms with Crippen LogP contribution in [0.1, 0.15) is 84.0 Å². The Morgan fingerprint density at radius 2 is 1.71 bits per heavy atom. The van der Waals surface area contributed by atoms with Crippen molar-refractivity contribution in [3.05, 3.63) is 87.0 Å². The molecule has 4 nitrogen and oxygen atoms in total. The first-order chi connectivity index (χ1) is 18.2. The maximum absolute atomic E-state index is 6.55. The summed E-state index contributed by atoms with van der Waals surface area (Å²) in [5.74, 6) is 1.35. The Labute approximate surface area is 229 Å². The molecule has 0 saturated heterocycles. The fourth-order valence-electron chi connectivity index (χ4n) is 6.52. The van der Waals surface area contributed by atoms with E-state index < -0.39 is 0 Å². The van der Waals surface area contributed by atoms with Gasteiger partial charge >= 0.3 is 0 Å². The summed E-state index contributed by atoms with van der Waals surface area (Å²) in [7, 11) is 1.93. The van der Waals surface area contributed by atoms with Crippen LogP contribution in [-0.2, 0) is 25.9 Å². The van der Waals surface area contributed by atoms with Gasteiger partial charge in [0.25, 0.3) is 0 Å². The largest absolute Gasteiger partial charge is 0.492 e. The van der Waals surface area contributed by atoms with Crippen LogP contribution in [0.2, 0.25) is 0 Å². The molecule has 1 atom stereocenters. The summed E-state index contributed by atoms with van der Waals surface area (Å²) in [6.07, 6.45) is 5.01. The summed E-state index contributed by atoms with van der Waals surface area (Å²) in [5.41, 5.74) is 19.4. The van der Waals surface area contributed by atoms with E-state index in [1.54, 1.807) is 0 Å². The molecule has 3 aromatic carbocycles. The zero-order valence-corrected chi connectivity index (χ0v) is 24.2. The number of aryl methyl sites for hydroxylation is 3. The van der Waals surface area contributed by atoms with Crippen molar-refractivity contribution in [3.8, 4) is 5.75 Å². The number of fused-ring (bicyclic) bond motifs is 2. The second-order valence-corrected chi connectivity index (χ2v) is 12.5. The molecule has 1 unspecified atom stereocenters. The molecule has 2 aliphatic rings. The molecule has 0 fully saturated rings. The molecule has 0 aromatic heterocycles. The Balaban J connectivity index is 1.45. The van der Waals surface area contributed by atoms with Gasteiger partial charge < -0.3 is 15.8 Å². The first-order valence-corrected chi connectivity index (χ1v) is 14.3. The van der Waals surface area contributed by atoms with Crippen molar-refractivity contribution in [1.29, 1.82) is 0 Å². The van der Waals surface area contributed by atoms with Crippen molar-refractivity contribution in [1.82, 2.24) is 4.90 Å². The van der Waals surface area contributed by atoms with E-state index in [1.165, 1.54) is 70.2 Å². The monoisotopic (exact) mass is 511 g/mol. The van der Waals surface area contributed by atoms with Crippen LogP contribution in [0.4, 0.5) is 11.4 Å². The molecule has 1 heterocycles. The summed E-state index contributed by atoms with van der Waals surface area (Å²) in [4.78, 5) is 2.56. The van der Waals surface area contributed by atoms with Gasteiger partial charge in [0.05, 0.1) is 11.4 Å². The van der Waals surface area contributed by atoms with E-state index in [1.807, 2.05) is 7.05 Å². The average molecular weight is 512 g/mol. The Hall–Kier alpha value is -2.98. The Morgan fingerprint density at radius 3 is 2.42 bits per heavy atom. The van der Waals surface area contributed by atoms with Crippen LogP contribution in [0.3, 0.4) is 0 Å². The van der Waals surface area contributed by atoms with Crippen LogP contribution in [0.25, 0.3) is 0 Å². The fourth-order valence-corrected chi connectivity index (χ4v) is 6.52. The smallest absolute Gasteiger partial charge is 0.124 e. The zero-order chi connectivity index (χ0) is 27.0. The van der Waals surface area contributed by atoms with Gasteiger partial charge in [0.2, 0.25) is 0 Å². The number of hydrogen-bond donors (Lipinski definition) is 2. The second-order valence-electron chi connectivity index (χ2n) is 12.5. The highest BCUT2D eigenvalue weighted by Crippen LogP contribution is 2.44. The molecule has 4 heteroatoms. The molecule has 202 valence electrons. The molecule has 5 rings (SSSR count). The maximum atomic E-state index is 6.55. The Bertz CT molecular complexity index is 1320. The molecular formula is C34H45N3O. The van der Waals surface area contributed by atoms with E-state index in [9.17, 15) is 0 Å². The number of nitrogens with zero attached hydrogens (tertiary/aromatic N) is 1. The van der Waals surface area contributed by atoms with Crippen molar-refractivity contribution in [3.63, 3.8) is 0 Å². The van der Waals surface area contributed by atoms with E-state index in [0.29, 0.717) is 0 Å². The third-order valence-corrected chi connectivity index (χ3v) is 8.69. The number of anilines is 2. The fraction of sp³-hybridized carbons (Fsp3) is 0.471. The van der Waals surface area contributed by atoms with Gasteiger partial charge in [-0.2, -0.15) is 0 Å². The Kier molecular flexibility index (Phi) is 7.46. The maximum Gasteiger partial charge on any atom is 0.124 e. The van der Waals surface area contributed by atoms with Crippen molar-refractivity contribution in [2.75, 3.05) is 31.2 Å². The third kappa shape index (κ3) is 5.29. The van der Waals surface area contributed by atoms with Crippen molar-refractivity contribution in [2.24, 2.45) is 5.41 Å². The molecule has 3 aromatic rings. The highest BCUT2D eigenvalue weighted by atomic mass is 16.5. The van der Waals surface area contributed by atoms with Gasteiger partial charge in [0.15, 0.2) is 0 Å². The van der Waals surface area contributed by atoms with Crippen molar-refractivity contribution in [2.45, 2.75) is 79.3 Å². The predicted molar refractivity (Wildman–Crippen MR) is 160 cm³/mol. The lowest BCUT2D eigenvalue weighted by molar-refractivity contribution is 0.219. The van der Waals surface area contributed by atoms with Gasteiger partial charge in [-0.3, -0.25) is 4.90 Å². The molecule has 0 saturated carbocycles. The average Bonchev–Trinajstić information content (AvgIpc) is 3.07. The molecule has 3 N–H and O–H groups in total. The zero-order valence-electron chi connectivity index (χ0n) is 24.2. The minimum absolute atomic E-state index is 0.0410. The van der Waals surface area contributed by atoms with E-state index in [2.05, 4.69) is 87.3 Å². The highest BCUT2D eigenvalue weighted by molar-refractivity contribution is 5.72. The molecule has 1 aliphatic carbocycles. The summed E-state index contributed by atoms with van der Waals surface area (Å²) in [6, 6.07) is 16.2. The van der Waals surface area contributed by atoms with Crippen LogP contribution in [0, 0.1) is 19.3 Å². The van der Waals surface area contributed by atoms with Gasteiger partial charge in [0.1, 0.15) is 12.4 Å². The molecule has 0 bridgehead atoms. The lowest BCUT2D eigenvalue weighted by Gasteiger charge is -2.34. The van der Waals surface area contributed by atoms with Crippen LogP contribution >= 0.6 is 0 Å². The third-order valence-electron chi connectivity index (χ3n) is 8.69. The number of benzene rings is 3. The topological polar surface area (TPSA) is 50.5 Å². The molecule has 1 aliphatic heterocycles. The van der Waals surface area contributed by atoms with Crippen LogP contribution in [0.5, 0.6) is 5.75 Å². The highest BCUT2D eigenvalue weighted by Gasteiger charge is 2.30. The molecule has 0 spiro atoms. The van der Waals surface area contributed by atoms with Gasteiger partial charge in [-0.25, -0.2) is 0 Å². The standard InChI is InChI=1S/C34H45N3O/c1-22-11-12-26(32(34(3,4)5)29-13-14-30(36-6)33(35)23(29)2)18-27(22)20-37-15-16-38-31-19-25-10-8-7-9-24(25)17-28(31)21-37/h11-14,17-19,32,36H,7-10,15-16,20-21,35H2,1-6H3. The number of nitrogen functional groups attached to an aromatic ring is 1. The van der Waals surface area contributed by atoms with E-state index in [-0.39, 0.29) is 11.3 Å². The number of ether oxygens (including phenoxy) is 1. The van der Waals surface area contributed by atoms with Crippen LogP contribution in [0.15, 0.2) is 42.5 Å². The molecule has 0 amide bonds. The molecule has 0 radical (unpaired) electrons. The first kappa shape index (κ1) is 26.6. The first-order valence-electron chi connectivity index (χ1n) is 14.3. The number of nitrogens with two attached hydrogens (primary N) is 1. The lowest BCUT2D eigenvalue weighted by Crippen LogP contribution is -2.26. The van der Waals surface area contributed by atoms with Gasteiger partial charge in [0, 0.05) is 38.2 Å². The normalized spacial score (nSPS) is 16.7. The minimum atomic E-state index is 0.0410. The summed E-state index contributed by atoms with van der Waals surface area (Å²) >= 11 is 0. The summed E-state index contributed by atoms with van der Waals surface area (Å²) < 4.78 is 6.26. The summed E-state index contributed by atoms with van der Waals surface area (Å²) in [5, 5.41) is 3.23.